The van der Waals surface area contributed by atoms with Crippen molar-refractivity contribution in [3.63, 3.8) is 0 Å². The second-order valence-electron chi connectivity index (χ2n) is 4.82. The van der Waals surface area contributed by atoms with E-state index in [1.54, 1.807) is 11.3 Å². The van der Waals surface area contributed by atoms with Gasteiger partial charge in [0.05, 0.1) is 0 Å². The van der Waals surface area contributed by atoms with Gasteiger partial charge in [-0.25, -0.2) is 0 Å². The maximum Gasteiger partial charge on any atom is 0.0360 e. The molecule has 96 valence electrons. The zero-order valence-corrected chi connectivity index (χ0v) is 13.4. The van der Waals surface area contributed by atoms with E-state index < -0.39 is 0 Å². The summed E-state index contributed by atoms with van der Waals surface area (Å²) in [5.74, 6) is 0. The highest BCUT2D eigenvalue weighted by Gasteiger charge is 2.08. The Kier molecular flexibility index (Phi) is 4.60. The summed E-state index contributed by atoms with van der Waals surface area (Å²) in [5, 5.41) is 7.79. The number of rotatable bonds is 4. The van der Waals surface area contributed by atoms with E-state index in [1.165, 1.54) is 26.7 Å². The number of hydrogen-bond donors (Lipinski definition) is 1. The lowest BCUT2D eigenvalue weighted by molar-refractivity contribution is 0.589. The van der Waals surface area contributed by atoms with Crippen molar-refractivity contribution in [3.05, 3.63) is 44.6 Å². The Balaban J connectivity index is 2.30. The van der Waals surface area contributed by atoms with Crippen molar-refractivity contribution < 1.29 is 0 Å². The summed E-state index contributed by atoms with van der Waals surface area (Å²) < 4.78 is 1.18. The van der Waals surface area contributed by atoms with E-state index in [2.05, 4.69) is 71.0 Å². The van der Waals surface area contributed by atoms with Crippen molar-refractivity contribution in [3.8, 4) is 11.1 Å². The van der Waals surface area contributed by atoms with Crippen molar-refractivity contribution in [2.45, 2.75) is 33.4 Å². The van der Waals surface area contributed by atoms with Crippen molar-refractivity contribution >= 4 is 27.3 Å². The van der Waals surface area contributed by atoms with E-state index in [0.29, 0.717) is 6.04 Å². The van der Waals surface area contributed by atoms with Crippen molar-refractivity contribution in [1.29, 1.82) is 0 Å². The minimum atomic E-state index is 0.516. The van der Waals surface area contributed by atoms with Crippen LogP contribution in [0.4, 0.5) is 0 Å². The third kappa shape index (κ3) is 3.22. The van der Waals surface area contributed by atoms with Gasteiger partial charge in [0, 0.05) is 28.0 Å². The monoisotopic (exact) mass is 323 g/mol. The molecular weight excluding hydrogens is 306 g/mol. The van der Waals surface area contributed by atoms with Crippen LogP contribution in [0.5, 0.6) is 0 Å². The zero-order chi connectivity index (χ0) is 13.1. The number of benzene rings is 1. The quantitative estimate of drug-likeness (QED) is 0.836. The predicted molar refractivity (Wildman–Crippen MR) is 84.2 cm³/mol. The first kappa shape index (κ1) is 13.8. The van der Waals surface area contributed by atoms with Gasteiger partial charge in [-0.05, 0) is 51.0 Å². The molecule has 0 aliphatic heterocycles. The lowest BCUT2D eigenvalue weighted by atomic mass is 10.0. The molecule has 0 aliphatic carbocycles. The third-order valence-electron chi connectivity index (χ3n) is 2.92. The van der Waals surface area contributed by atoms with Crippen LogP contribution in [0.2, 0.25) is 0 Å². The fourth-order valence-electron chi connectivity index (χ4n) is 1.86. The van der Waals surface area contributed by atoms with Gasteiger partial charge in [0.1, 0.15) is 0 Å². The summed E-state index contributed by atoms with van der Waals surface area (Å²) in [4.78, 5) is 0. The fraction of sp³-hybridized carbons (Fsp3) is 0.333. The lowest BCUT2D eigenvalue weighted by Crippen LogP contribution is -2.21. The molecule has 1 nitrogen and oxygen atoms in total. The molecule has 3 heteroatoms. The largest absolute Gasteiger partial charge is 0.310 e. The lowest BCUT2D eigenvalue weighted by Gasteiger charge is -2.11. The molecule has 0 saturated carbocycles. The van der Waals surface area contributed by atoms with Crippen LogP contribution in [0.15, 0.2) is 33.4 Å². The van der Waals surface area contributed by atoms with E-state index >= 15 is 0 Å². The van der Waals surface area contributed by atoms with Crippen molar-refractivity contribution in [2.75, 3.05) is 0 Å². The SMILES string of the molecule is Cc1ccc(CNC(C)C)cc1-c1cscc1Br. The Bertz CT molecular complexity index is 531. The Morgan fingerprint density at radius 2 is 2.00 bits per heavy atom. The second-order valence-corrected chi connectivity index (χ2v) is 6.42. The minimum absolute atomic E-state index is 0.516. The highest BCUT2D eigenvalue weighted by atomic mass is 79.9. The molecule has 0 spiro atoms. The zero-order valence-electron chi connectivity index (χ0n) is 11.0. The van der Waals surface area contributed by atoms with E-state index in [-0.39, 0.29) is 0 Å². The average molecular weight is 324 g/mol. The number of hydrogen-bond acceptors (Lipinski definition) is 2. The average Bonchev–Trinajstić information content (AvgIpc) is 2.74. The molecule has 0 atom stereocenters. The minimum Gasteiger partial charge on any atom is -0.310 e. The molecule has 0 aliphatic rings. The molecule has 1 heterocycles. The molecule has 18 heavy (non-hydrogen) atoms. The Labute approximate surface area is 121 Å². The van der Waals surface area contributed by atoms with Crippen LogP contribution in [0.25, 0.3) is 11.1 Å². The van der Waals surface area contributed by atoms with Gasteiger partial charge < -0.3 is 5.32 Å². The van der Waals surface area contributed by atoms with Gasteiger partial charge in [-0.3, -0.25) is 0 Å². The smallest absolute Gasteiger partial charge is 0.0360 e. The van der Waals surface area contributed by atoms with Crippen molar-refractivity contribution in [1.82, 2.24) is 5.32 Å². The maximum absolute atomic E-state index is 3.62. The molecule has 2 rings (SSSR count). The van der Waals surface area contributed by atoms with E-state index in [9.17, 15) is 0 Å². The summed E-state index contributed by atoms with van der Waals surface area (Å²) in [6, 6.07) is 7.21. The molecule has 0 radical (unpaired) electrons. The van der Waals surface area contributed by atoms with Crippen LogP contribution < -0.4 is 5.32 Å². The first-order valence-electron chi connectivity index (χ1n) is 6.13. The van der Waals surface area contributed by atoms with E-state index in [0.717, 1.165) is 6.54 Å². The van der Waals surface area contributed by atoms with Crippen molar-refractivity contribution in [2.24, 2.45) is 0 Å². The molecular formula is C15H18BrNS. The molecule has 2 aromatic rings. The number of aryl methyl sites for hydroxylation is 1. The van der Waals surface area contributed by atoms with Gasteiger partial charge in [-0.15, -0.1) is 0 Å². The molecule has 0 fully saturated rings. The highest BCUT2D eigenvalue weighted by Crippen LogP contribution is 2.34. The van der Waals surface area contributed by atoms with Gasteiger partial charge in [-0.2, -0.15) is 11.3 Å². The van der Waals surface area contributed by atoms with Crippen LogP contribution in [0.3, 0.4) is 0 Å². The molecule has 0 bridgehead atoms. The third-order valence-corrected chi connectivity index (χ3v) is 4.62. The van der Waals surface area contributed by atoms with Crippen LogP contribution in [0.1, 0.15) is 25.0 Å². The normalized spacial score (nSPS) is 11.2. The molecule has 0 amide bonds. The van der Waals surface area contributed by atoms with E-state index in [4.69, 9.17) is 0 Å². The molecule has 0 saturated heterocycles. The summed E-state index contributed by atoms with van der Waals surface area (Å²) in [7, 11) is 0. The number of nitrogens with one attached hydrogen (secondary N) is 1. The first-order chi connectivity index (χ1) is 8.58. The Morgan fingerprint density at radius 1 is 1.22 bits per heavy atom. The van der Waals surface area contributed by atoms with Gasteiger partial charge >= 0.3 is 0 Å². The van der Waals surface area contributed by atoms with Gasteiger partial charge in [0.15, 0.2) is 0 Å². The second kappa shape index (κ2) is 6.00. The Morgan fingerprint density at radius 3 is 2.61 bits per heavy atom. The first-order valence-corrected chi connectivity index (χ1v) is 7.86. The maximum atomic E-state index is 3.62. The van der Waals surface area contributed by atoms with Crippen LogP contribution in [-0.4, -0.2) is 6.04 Å². The Hall–Kier alpha value is -0.640. The topological polar surface area (TPSA) is 12.0 Å². The summed E-state index contributed by atoms with van der Waals surface area (Å²) in [6.07, 6.45) is 0. The predicted octanol–water partition coefficient (Wildman–Crippen LogP) is 4.98. The standard InChI is InChI=1S/C15H18BrNS/c1-10(2)17-7-12-5-4-11(3)13(6-12)14-8-18-9-15(14)16/h4-6,8-10,17H,7H2,1-3H3. The van der Waals surface area contributed by atoms with Gasteiger partial charge in [-0.1, -0.05) is 26.0 Å². The molecule has 1 aromatic carbocycles. The van der Waals surface area contributed by atoms with Crippen LogP contribution in [-0.2, 0) is 6.54 Å². The van der Waals surface area contributed by atoms with Gasteiger partial charge in [0.2, 0.25) is 0 Å². The highest BCUT2D eigenvalue weighted by molar-refractivity contribution is 9.10. The molecule has 1 aromatic heterocycles. The molecule has 0 unspecified atom stereocenters. The van der Waals surface area contributed by atoms with Crippen LogP contribution >= 0.6 is 27.3 Å². The summed E-state index contributed by atoms with van der Waals surface area (Å²) in [5.41, 5.74) is 5.28. The van der Waals surface area contributed by atoms with Gasteiger partial charge in [0.25, 0.3) is 0 Å². The van der Waals surface area contributed by atoms with Crippen LogP contribution in [0, 0.1) is 6.92 Å². The number of thiophene rings is 1. The fourth-order valence-corrected chi connectivity index (χ4v) is 3.37. The number of halogens is 1. The molecule has 1 N–H and O–H groups in total. The van der Waals surface area contributed by atoms with E-state index in [1.807, 2.05) is 0 Å². The summed E-state index contributed by atoms with van der Waals surface area (Å²) >= 11 is 5.35. The summed E-state index contributed by atoms with van der Waals surface area (Å²) in [6.45, 7) is 7.43.